The first-order valence-electron chi connectivity index (χ1n) is 9.80. The third kappa shape index (κ3) is 4.89. The molecule has 0 saturated carbocycles. The molecule has 0 atom stereocenters. The first-order valence-corrected chi connectivity index (χ1v) is 12.1. The largest absolute Gasteiger partial charge is 0.419 e. The number of nitrogens with zero attached hydrogens (tertiary/aromatic N) is 1. The second kappa shape index (κ2) is 9.08. The summed E-state index contributed by atoms with van der Waals surface area (Å²) < 4.78 is 33.5. The van der Waals surface area contributed by atoms with Crippen LogP contribution in [0.2, 0.25) is 0 Å². The number of halogens is 1. The van der Waals surface area contributed by atoms with Gasteiger partial charge in [0, 0.05) is 16.6 Å². The van der Waals surface area contributed by atoms with E-state index in [2.05, 4.69) is 26.2 Å². The summed E-state index contributed by atoms with van der Waals surface area (Å²) in [7, 11) is -3.85. The molecule has 0 radical (unpaired) electrons. The second-order valence-electron chi connectivity index (χ2n) is 7.14. The van der Waals surface area contributed by atoms with Crippen molar-refractivity contribution in [1.82, 2.24) is 4.98 Å². The fourth-order valence-corrected chi connectivity index (χ4v) is 4.65. The molecule has 0 aliphatic rings. The topological polar surface area (TPSA) is 72.2 Å². The van der Waals surface area contributed by atoms with Crippen LogP contribution in [0, 0.1) is 6.92 Å². The number of hydrogen-bond acceptors (Lipinski definition) is 5. The highest BCUT2D eigenvalue weighted by atomic mass is 79.9. The zero-order valence-electron chi connectivity index (χ0n) is 16.9. The SMILES string of the molecule is Cc1ccc(S(=O)(=O)c2nc(-c3ccc(Br)cc3)oc2NCCc2ccccc2)cc1. The van der Waals surface area contributed by atoms with Crippen LogP contribution in [0.3, 0.4) is 0 Å². The molecule has 3 aromatic carbocycles. The number of rotatable bonds is 7. The molecule has 1 aromatic heterocycles. The summed E-state index contributed by atoms with van der Waals surface area (Å²) >= 11 is 3.40. The van der Waals surface area contributed by atoms with Crippen LogP contribution in [0.5, 0.6) is 0 Å². The van der Waals surface area contributed by atoms with E-state index in [-0.39, 0.29) is 21.7 Å². The van der Waals surface area contributed by atoms with Crippen molar-refractivity contribution in [3.05, 3.63) is 94.5 Å². The van der Waals surface area contributed by atoms with Crippen molar-refractivity contribution in [3.8, 4) is 11.5 Å². The zero-order chi connectivity index (χ0) is 21.8. The number of aromatic nitrogens is 1. The van der Waals surface area contributed by atoms with E-state index in [0.29, 0.717) is 12.1 Å². The Morgan fingerprint density at radius 3 is 2.29 bits per heavy atom. The molecule has 1 heterocycles. The molecule has 4 aromatic rings. The Morgan fingerprint density at radius 2 is 1.61 bits per heavy atom. The average Bonchev–Trinajstić information content (AvgIpc) is 3.20. The van der Waals surface area contributed by atoms with E-state index >= 15 is 0 Å². The van der Waals surface area contributed by atoms with Gasteiger partial charge >= 0.3 is 0 Å². The van der Waals surface area contributed by atoms with Gasteiger partial charge in [0.25, 0.3) is 0 Å². The molecule has 0 bridgehead atoms. The Balaban J connectivity index is 1.69. The summed E-state index contributed by atoms with van der Waals surface area (Å²) in [5.74, 6) is 0.398. The van der Waals surface area contributed by atoms with Crippen LogP contribution < -0.4 is 5.32 Å². The Kier molecular flexibility index (Phi) is 6.25. The number of aryl methyl sites for hydroxylation is 1. The van der Waals surface area contributed by atoms with Crippen LogP contribution in [0.15, 0.2) is 97.7 Å². The van der Waals surface area contributed by atoms with Gasteiger partial charge in [0.05, 0.1) is 4.90 Å². The maximum absolute atomic E-state index is 13.3. The molecule has 31 heavy (non-hydrogen) atoms. The molecule has 1 N–H and O–H groups in total. The maximum Gasteiger partial charge on any atom is 0.233 e. The molecule has 5 nitrogen and oxygen atoms in total. The monoisotopic (exact) mass is 496 g/mol. The van der Waals surface area contributed by atoms with Gasteiger partial charge < -0.3 is 9.73 Å². The second-order valence-corrected chi connectivity index (χ2v) is 9.92. The van der Waals surface area contributed by atoms with Crippen molar-refractivity contribution in [2.75, 3.05) is 11.9 Å². The highest BCUT2D eigenvalue weighted by molar-refractivity contribution is 9.10. The van der Waals surface area contributed by atoms with Crippen LogP contribution in [0.1, 0.15) is 11.1 Å². The van der Waals surface area contributed by atoms with E-state index in [1.54, 1.807) is 24.3 Å². The van der Waals surface area contributed by atoms with Crippen molar-refractivity contribution in [1.29, 1.82) is 0 Å². The lowest BCUT2D eigenvalue weighted by molar-refractivity contribution is 0.577. The zero-order valence-corrected chi connectivity index (χ0v) is 19.3. The first-order chi connectivity index (χ1) is 14.9. The summed E-state index contributed by atoms with van der Waals surface area (Å²) in [6.07, 6.45) is 0.721. The Hall–Kier alpha value is -2.90. The predicted molar refractivity (Wildman–Crippen MR) is 125 cm³/mol. The Morgan fingerprint density at radius 1 is 0.935 bits per heavy atom. The third-order valence-electron chi connectivity index (χ3n) is 4.82. The smallest absolute Gasteiger partial charge is 0.233 e. The first kappa shape index (κ1) is 21.3. The number of nitrogens with one attached hydrogen (secondary N) is 1. The summed E-state index contributed by atoms with van der Waals surface area (Å²) in [4.78, 5) is 4.55. The fraction of sp³-hybridized carbons (Fsp3) is 0.125. The number of benzene rings is 3. The molecule has 7 heteroatoms. The van der Waals surface area contributed by atoms with E-state index in [4.69, 9.17) is 4.42 Å². The van der Waals surface area contributed by atoms with Gasteiger partial charge in [-0.15, -0.1) is 0 Å². The summed E-state index contributed by atoms with van der Waals surface area (Å²) in [6.45, 7) is 2.42. The van der Waals surface area contributed by atoms with Gasteiger partial charge in [0.2, 0.25) is 26.6 Å². The molecule has 0 saturated heterocycles. The molecule has 158 valence electrons. The number of sulfone groups is 1. The van der Waals surface area contributed by atoms with E-state index in [1.165, 1.54) is 0 Å². The predicted octanol–water partition coefficient (Wildman–Crippen LogP) is 5.90. The quantitative estimate of drug-likeness (QED) is 0.344. The lowest BCUT2D eigenvalue weighted by atomic mass is 10.1. The minimum atomic E-state index is -3.85. The van der Waals surface area contributed by atoms with E-state index in [0.717, 1.165) is 22.0 Å². The standard InChI is InChI=1S/C24H21BrN2O3S/c1-17-7-13-21(14-8-17)31(28,29)24-23(26-16-15-18-5-3-2-4-6-18)30-22(27-24)19-9-11-20(25)12-10-19/h2-14,26H,15-16H2,1H3. The van der Waals surface area contributed by atoms with Gasteiger partial charge in [-0.1, -0.05) is 64.0 Å². The molecule has 0 fully saturated rings. The number of hydrogen-bond donors (Lipinski definition) is 1. The van der Waals surface area contributed by atoms with E-state index in [9.17, 15) is 8.42 Å². The van der Waals surface area contributed by atoms with E-state index < -0.39 is 9.84 Å². The maximum atomic E-state index is 13.3. The Labute approximate surface area is 190 Å². The Bertz CT molecular complexity index is 1270. The summed E-state index contributed by atoms with van der Waals surface area (Å²) in [5.41, 5.74) is 2.82. The highest BCUT2D eigenvalue weighted by Gasteiger charge is 2.28. The number of oxazole rings is 1. The van der Waals surface area contributed by atoms with Crippen LogP contribution in [-0.2, 0) is 16.3 Å². The van der Waals surface area contributed by atoms with Gasteiger partial charge in [-0.25, -0.2) is 8.42 Å². The minimum absolute atomic E-state index is 0.109. The third-order valence-corrected chi connectivity index (χ3v) is 7.02. The van der Waals surface area contributed by atoms with E-state index in [1.807, 2.05) is 61.5 Å². The van der Waals surface area contributed by atoms with Crippen LogP contribution >= 0.6 is 15.9 Å². The number of anilines is 1. The van der Waals surface area contributed by atoms with Crippen molar-refractivity contribution in [2.45, 2.75) is 23.3 Å². The van der Waals surface area contributed by atoms with Crippen LogP contribution in [0.25, 0.3) is 11.5 Å². The fourth-order valence-electron chi connectivity index (χ4n) is 3.11. The van der Waals surface area contributed by atoms with Gasteiger partial charge in [-0.3, -0.25) is 0 Å². The molecule has 0 amide bonds. The molecular weight excluding hydrogens is 476 g/mol. The lowest BCUT2D eigenvalue weighted by Crippen LogP contribution is -2.09. The lowest BCUT2D eigenvalue weighted by Gasteiger charge is -2.06. The average molecular weight is 497 g/mol. The van der Waals surface area contributed by atoms with Crippen molar-refractivity contribution >= 4 is 31.7 Å². The van der Waals surface area contributed by atoms with Crippen LogP contribution in [0.4, 0.5) is 5.88 Å². The minimum Gasteiger partial charge on any atom is -0.419 e. The van der Waals surface area contributed by atoms with Gasteiger partial charge in [-0.2, -0.15) is 4.98 Å². The van der Waals surface area contributed by atoms with Gasteiger partial charge in [0.1, 0.15) is 0 Å². The molecule has 0 spiro atoms. The van der Waals surface area contributed by atoms with Crippen molar-refractivity contribution in [2.24, 2.45) is 0 Å². The van der Waals surface area contributed by atoms with Gasteiger partial charge in [0.15, 0.2) is 0 Å². The molecule has 0 aliphatic carbocycles. The van der Waals surface area contributed by atoms with Crippen molar-refractivity contribution < 1.29 is 12.8 Å². The van der Waals surface area contributed by atoms with Crippen molar-refractivity contribution in [3.63, 3.8) is 0 Å². The van der Waals surface area contributed by atoms with Crippen LogP contribution in [-0.4, -0.2) is 19.9 Å². The molecular formula is C24H21BrN2O3S. The summed E-state index contributed by atoms with van der Waals surface area (Å²) in [6, 6.07) is 24.0. The normalized spacial score (nSPS) is 11.4. The molecule has 0 aliphatic heterocycles. The molecule has 0 unspecified atom stereocenters. The summed E-state index contributed by atoms with van der Waals surface area (Å²) in [5, 5.41) is 3.02. The van der Waals surface area contributed by atoms with Gasteiger partial charge in [-0.05, 0) is 55.3 Å². The molecule has 4 rings (SSSR count). The highest BCUT2D eigenvalue weighted by Crippen LogP contribution is 2.33.